The van der Waals surface area contributed by atoms with Crippen molar-refractivity contribution in [2.24, 2.45) is 11.7 Å². The maximum atomic E-state index is 13.1. The van der Waals surface area contributed by atoms with Crippen molar-refractivity contribution in [3.8, 4) is 0 Å². The van der Waals surface area contributed by atoms with Crippen molar-refractivity contribution in [3.05, 3.63) is 59.7 Å². The third kappa shape index (κ3) is 5.96. The molecule has 2 aromatic carbocycles. The lowest BCUT2D eigenvalue weighted by Crippen LogP contribution is -2.51. The maximum Gasteiger partial charge on any atom is 0.255 e. The molecule has 2 aliphatic carbocycles. The fourth-order valence-corrected chi connectivity index (χ4v) is 5.45. The van der Waals surface area contributed by atoms with E-state index in [0.29, 0.717) is 43.0 Å². The van der Waals surface area contributed by atoms with Gasteiger partial charge in [-0.1, -0.05) is 24.6 Å². The molecule has 2 aromatic rings. The van der Waals surface area contributed by atoms with Gasteiger partial charge in [0, 0.05) is 55.3 Å². The Labute approximate surface area is 218 Å². The van der Waals surface area contributed by atoms with E-state index in [-0.39, 0.29) is 35.7 Å². The van der Waals surface area contributed by atoms with Crippen LogP contribution in [0.5, 0.6) is 0 Å². The van der Waals surface area contributed by atoms with E-state index in [1.165, 1.54) is 0 Å². The molecular weight excluding hydrogens is 466 g/mol. The van der Waals surface area contributed by atoms with E-state index in [4.69, 9.17) is 5.73 Å². The highest BCUT2D eigenvalue weighted by Crippen LogP contribution is 2.31. The largest absolute Gasteiger partial charge is 0.366 e. The number of carbonyl (C=O) groups excluding carboxylic acids is 3. The monoisotopic (exact) mass is 503 g/mol. The minimum atomic E-state index is -0.223. The predicted molar refractivity (Wildman–Crippen MR) is 145 cm³/mol. The highest BCUT2D eigenvalue weighted by Gasteiger charge is 2.32. The van der Waals surface area contributed by atoms with Crippen LogP contribution in [0.4, 0.5) is 11.4 Å². The van der Waals surface area contributed by atoms with E-state index >= 15 is 0 Å². The second-order valence-electron chi connectivity index (χ2n) is 10.6. The lowest BCUT2D eigenvalue weighted by Gasteiger charge is -2.39. The fraction of sp³-hybridized carbons (Fsp3) is 0.483. The fourth-order valence-electron chi connectivity index (χ4n) is 5.45. The third-order valence-corrected chi connectivity index (χ3v) is 8.04. The molecule has 3 fully saturated rings. The van der Waals surface area contributed by atoms with Gasteiger partial charge in [0.05, 0.1) is 11.4 Å². The first-order valence-electron chi connectivity index (χ1n) is 13.6. The van der Waals surface area contributed by atoms with Crippen molar-refractivity contribution in [1.82, 2.24) is 10.2 Å². The minimum absolute atomic E-state index is 0.121. The first kappa shape index (κ1) is 25.3. The number of nitrogens with one attached hydrogen (secondary N) is 2. The molecule has 2 saturated carbocycles. The molecule has 37 heavy (non-hydrogen) atoms. The van der Waals surface area contributed by atoms with Crippen LogP contribution in [0.25, 0.3) is 0 Å². The number of nitrogens with zero attached hydrogens (tertiary/aromatic N) is 2. The van der Waals surface area contributed by atoms with Gasteiger partial charge in [0.25, 0.3) is 11.8 Å². The average molecular weight is 504 g/mol. The standard InChI is InChI=1S/C29H37N5O3/c30-23-10-12-24(13-11-23)31-28(36)22-9-14-26(25(19-22)32-27(35)20-5-2-1-3-6-20)33-15-17-34(18-16-33)29(37)21-7-4-8-21/h1-3,5-6,9,14,19,21,23-24H,4,7-8,10-13,15-18,30H2,(H,31,36)(H,32,35). The van der Waals surface area contributed by atoms with Crippen molar-refractivity contribution in [2.75, 3.05) is 36.4 Å². The Morgan fingerprint density at radius 1 is 0.784 bits per heavy atom. The Morgan fingerprint density at radius 3 is 2.14 bits per heavy atom. The zero-order valence-corrected chi connectivity index (χ0v) is 21.3. The van der Waals surface area contributed by atoms with Crippen molar-refractivity contribution >= 4 is 29.1 Å². The molecule has 196 valence electrons. The third-order valence-electron chi connectivity index (χ3n) is 8.04. The summed E-state index contributed by atoms with van der Waals surface area (Å²) < 4.78 is 0. The first-order chi connectivity index (χ1) is 18.0. The van der Waals surface area contributed by atoms with Crippen LogP contribution in [-0.4, -0.2) is 60.9 Å². The molecule has 0 spiro atoms. The van der Waals surface area contributed by atoms with E-state index in [1.54, 1.807) is 18.2 Å². The molecule has 8 nitrogen and oxygen atoms in total. The van der Waals surface area contributed by atoms with Gasteiger partial charge in [0.2, 0.25) is 5.91 Å². The summed E-state index contributed by atoms with van der Waals surface area (Å²) in [6.07, 6.45) is 6.75. The van der Waals surface area contributed by atoms with Crippen LogP contribution in [0.2, 0.25) is 0 Å². The van der Waals surface area contributed by atoms with Gasteiger partial charge in [0.1, 0.15) is 0 Å². The Bertz CT molecular complexity index is 1120. The van der Waals surface area contributed by atoms with E-state index in [2.05, 4.69) is 15.5 Å². The summed E-state index contributed by atoms with van der Waals surface area (Å²) in [6, 6.07) is 14.9. The molecule has 3 aliphatic rings. The van der Waals surface area contributed by atoms with Crippen LogP contribution in [0.15, 0.2) is 48.5 Å². The Balaban J connectivity index is 1.32. The maximum absolute atomic E-state index is 13.1. The molecular formula is C29H37N5O3. The number of carbonyl (C=O) groups is 3. The van der Waals surface area contributed by atoms with Gasteiger partial charge < -0.3 is 26.2 Å². The van der Waals surface area contributed by atoms with Gasteiger partial charge in [-0.3, -0.25) is 14.4 Å². The molecule has 0 aromatic heterocycles. The lowest BCUT2D eigenvalue weighted by molar-refractivity contribution is -0.138. The second kappa shape index (κ2) is 11.3. The summed E-state index contributed by atoms with van der Waals surface area (Å²) in [5, 5.41) is 6.18. The predicted octanol–water partition coefficient (Wildman–Crippen LogP) is 3.39. The van der Waals surface area contributed by atoms with Crippen molar-refractivity contribution in [1.29, 1.82) is 0 Å². The number of nitrogens with two attached hydrogens (primary N) is 1. The van der Waals surface area contributed by atoms with Crippen LogP contribution < -0.4 is 21.3 Å². The Kier molecular flexibility index (Phi) is 7.74. The zero-order valence-electron chi connectivity index (χ0n) is 21.3. The smallest absolute Gasteiger partial charge is 0.255 e. The van der Waals surface area contributed by atoms with E-state index < -0.39 is 0 Å². The number of piperazine rings is 1. The number of hydrogen-bond donors (Lipinski definition) is 3. The van der Waals surface area contributed by atoms with E-state index in [0.717, 1.165) is 50.6 Å². The van der Waals surface area contributed by atoms with Gasteiger partial charge in [-0.25, -0.2) is 0 Å². The minimum Gasteiger partial charge on any atom is -0.366 e. The average Bonchev–Trinajstić information content (AvgIpc) is 2.89. The highest BCUT2D eigenvalue weighted by atomic mass is 16.2. The zero-order chi connectivity index (χ0) is 25.8. The summed E-state index contributed by atoms with van der Waals surface area (Å²) in [4.78, 5) is 43.0. The number of amides is 3. The van der Waals surface area contributed by atoms with E-state index in [1.807, 2.05) is 35.2 Å². The van der Waals surface area contributed by atoms with Crippen LogP contribution in [-0.2, 0) is 4.79 Å². The van der Waals surface area contributed by atoms with Gasteiger partial charge in [0.15, 0.2) is 0 Å². The van der Waals surface area contributed by atoms with Crippen LogP contribution >= 0.6 is 0 Å². The molecule has 0 unspecified atom stereocenters. The van der Waals surface area contributed by atoms with Crippen LogP contribution in [0, 0.1) is 5.92 Å². The molecule has 0 bridgehead atoms. The van der Waals surface area contributed by atoms with Crippen molar-refractivity contribution in [3.63, 3.8) is 0 Å². The van der Waals surface area contributed by atoms with Gasteiger partial charge in [-0.05, 0) is 68.9 Å². The molecule has 1 saturated heterocycles. The quantitative estimate of drug-likeness (QED) is 0.560. The molecule has 4 N–H and O–H groups in total. The Hall–Kier alpha value is -3.39. The van der Waals surface area contributed by atoms with Crippen molar-refractivity contribution in [2.45, 2.75) is 57.0 Å². The summed E-state index contributed by atoms with van der Waals surface area (Å²) in [5.41, 5.74) is 8.54. The topological polar surface area (TPSA) is 108 Å². The number of rotatable bonds is 6. The Morgan fingerprint density at radius 2 is 1.49 bits per heavy atom. The normalized spacial score (nSPS) is 22.2. The van der Waals surface area contributed by atoms with E-state index in [9.17, 15) is 14.4 Å². The van der Waals surface area contributed by atoms with Crippen molar-refractivity contribution < 1.29 is 14.4 Å². The molecule has 3 amide bonds. The van der Waals surface area contributed by atoms with Crippen LogP contribution in [0.1, 0.15) is 65.7 Å². The molecule has 1 aliphatic heterocycles. The van der Waals surface area contributed by atoms with Gasteiger partial charge >= 0.3 is 0 Å². The second-order valence-corrected chi connectivity index (χ2v) is 10.6. The molecule has 1 heterocycles. The summed E-state index contributed by atoms with van der Waals surface area (Å²) >= 11 is 0. The lowest BCUT2D eigenvalue weighted by atomic mass is 9.84. The molecule has 0 radical (unpaired) electrons. The van der Waals surface area contributed by atoms with Crippen LogP contribution in [0.3, 0.4) is 0 Å². The number of anilines is 2. The molecule has 0 atom stereocenters. The summed E-state index contributed by atoms with van der Waals surface area (Å²) in [7, 11) is 0. The highest BCUT2D eigenvalue weighted by molar-refractivity contribution is 6.07. The van der Waals surface area contributed by atoms with Gasteiger partial charge in [-0.2, -0.15) is 0 Å². The summed E-state index contributed by atoms with van der Waals surface area (Å²) in [6.45, 7) is 2.68. The number of benzene rings is 2. The van der Waals surface area contributed by atoms with Gasteiger partial charge in [-0.15, -0.1) is 0 Å². The molecule has 8 heteroatoms. The summed E-state index contributed by atoms with van der Waals surface area (Å²) in [5.74, 6) is 0.113. The molecule has 5 rings (SSSR count). The first-order valence-corrected chi connectivity index (χ1v) is 13.6. The number of hydrogen-bond acceptors (Lipinski definition) is 5. The SMILES string of the molecule is NC1CCC(NC(=O)c2ccc(N3CCN(C(=O)C4CCC4)CC3)c(NC(=O)c3ccccc3)c2)CC1.